The predicted molar refractivity (Wildman–Crippen MR) is 110 cm³/mol. The maximum Gasteiger partial charge on any atom is 0.256 e. The van der Waals surface area contributed by atoms with E-state index in [1.807, 2.05) is 51.4 Å². The molecule has 1 amide bonds. The first-order valence-electron chi connectivity index (χ1n) is 8.68. The number of aryl methyl sites for hydroxylation is 1. The van der Waals surface area contributed by atoms with Crippen molar-refractivity contribution in [3.63, 3.8) is 0 Å². The molecule has 0 unspecified atom stereocenters. The molecule has 0 saturated heterocycles. The number of ether oxygens (including phenoxy) is 1. The lowest BCUT2D eigenvalue weighted by Gasteiger charge is -2.18. The van der Waals surface area contributed by atoms with Gasteiger partial charge in [0.25, 0.3) is 5.91 Å². The quantitative estimate of drug-likeness (QED) is 0.732. The topological polar surface area (TPSA) is 54.5 Å². The average Bonchev–Trinajstić information content (AvgIpc) is 2.68. The fourth-order valence-electron chi connectivity index (χ4n) is 2.99. The summed E-state index contributed by atoms with van der Waals surface area (Å²) in [5, 5.41) is 2.93. The normalized spacial score (nSPS) is 10.4. The summed E-state index contributed by atoms with van der Waals surface area (Å²) in [7, 11) is 5.63. The van der Waals surface area contributed by atoms with Crippen LogP contribution in [-0.4, -0.2) is 32.1 Å². The van der Waals surface area contributed by atoms with Gasteiger partial charge in [0.2, 0.25) is 0 Å². The van der Waals surface area contributed by atoms with E-state index >= 15 is 0 Å². The fraction of sp³-hybridized carbons (Fsp3) is 0.182. The number of carbonyl (C=O) groups is 1. The van der Waals surface area contributed by atoms with Gasteiger partial charge in [-0.1, -0.05) is 24.3 Å². The van der Waals surface area contributed by atoms with Gasteiger partial charge in [-0.05, 0) is 42.3 Å². The van der Waals surface area contributed by atoms with Crippen molar-refractivity contribution < 1.29 is 9.53 Å². The van der Waals surface area contributed by atoms with Crippen molar-refractivity contribution in [2.75, 3.05) is 31.4 Å². The molecular formula is C22H23N3O2. The third-order valence-corrected chi connectivity index (χ3v) is 4.41. The Morgan fingerprint density at radius 2 is 1.89 bits per heavy atom. The summed E-state index contributed by atoms with van der Waals surface area (Å²) in [6.07, 6.45) is 3.29. The molecule has 3 rings (SSSR count). The van der Waals surface area contributed by atoms with E-state index in [1.165, 1.54) is 0 Å². The zero-order valence-electron chi connectivity index (χ0n) is 16.0. The van der Waals surface area contributed by atoms with Crippen molar-refractivity contribution in [1.29, 1.82) is 0 Å². The molecule has 138 valence electrons. The molecule has 0 aliphatic rings. The summed E-state index contributed by atoms with van der Waals surface area (Å²) in [5.74, 6) is 0.427. The molecule has 0 aliphatic heterocycles. The van der Waals surface area contributed by atoms with Crippen molar-refractivity contribution >= 4 is 17.3 Å². The van der Waals surface area contributed by atoms with Crippen molar-refractivity contribution in [2.45, 2.75) is 6.92 Å². The average molecular weight is 361 g/mol. The molecule has 0 bridgehead atoms. The summed E-state index contributed by atoms with van der Waals surface area (Å²) in [4.78, 5) is 18.7. The Balaban J connectivity index is 1.94. The molecular weight excluding hydrogens is 338 g/mol. The van der Waals surface area contributed by atoms with Gasteiger partial charge in [0.15, 0.2) is 0 Å². The Labute approximate surface area is 159 Å². The van der Waals surface area contributed by atoms with Gasteiger partial charge >= 0.3 is 0 Å². The Hall–Kier alpha value is -3.34. The first-order valence-corrected chi connectivity index (χ1v) is 8.68. The SMILES string of the molecule is COc1cc(-c2ccccc2N(C)C)ccc1NC(=O)c1ccncc1C. The van der Waals surface area contributed by atoms with Gasteiger partial charge in [0.1, 0.15) is 5.75 Å². The molecule has 1 heterocycles. The van der Waals surface area contributed by atoms with Crippen molar-refractivity contribution in [3.8, 4) is 16.9 Å². The van der Waals surface area contributed by atoms with Gasteiger partial charge in [0, 0.05) is 43.3 Å². The van der Waals surface area contributed by atoms with Gasteiger partial charge < -0.3 is 15.0 Å². The minimum absolute atomic E-state index is 0.186. The lowest BCUT2D eigenvalue weighted by Crippen LogP contribution is -2.14. The van der Waals surface area contributed by atoms with Gasteiger partial charge in [-0.15, -0.1) is 0 Å². The molecule has 0 saturated carbocycles. The van der Waals surface area contributed by atoms with E-state index in [0.29, 0.717) is 17.0 Å². The Kier molecular flexibility index (Phi) is 5.41. The van der Waals surface area contributed by atoms with Crippen LogP contribution in [0.25, 0.3) is 11.1 Å². The number of methoxy groups -OCH3 is 1. The molecule has 3 aromatic rings. The largest absolute Gasteiger partial charge is 0.495 e. The third kappa shape index (κ3) is 3.92. The monoisotopic (exact) mass is 361 g/mol. The fourth-order valence-corrected chi connectivity index (χ4v) is 2.99. The summed E-state index contributed by atoms with van der Waals surface area (Å²) in [5.41, 5.74) is 5.28. The molecule has 1 N–H and O–H groups in total. The standard InChI is InChI=1S/C22H23N3O2/c1-15-14-23-12-11-17(15)22(26)24-19-10-9-16(13-21(19)27-4)18-7-5-6-8-20(18)25(2)3/h5-14H,1-4H3,(H,24,26). The highest BCUT2D eigenvalue weighted by atomic mass is 16.5. The molecule has 5 heteroatoms. The van der Waals surface area contributed by atoms with Crippen LogP contribution in [0, 0.1) is 6.92 Å². The lowest BCUT2D eigenvalue weighted by atomic mass is 10.0. The first-order chi connectivity index (χ1) is 13.0. The number of hydrogen-bond donors (Lipinski definition) is 1. The number of anilines is 2. The molecule has 0 atom stereocenters. The second-order valence-corrected chi connectivity index (χ2v) is 6.47. The third-order valence-electron chi connectivity index (χ3n) is 4.41. The number of benzene rings is 2. The van der Waals surface area contributed by atoms with Crippen LogP contribution in [0.5, 0.6) is 5.75 Å². The molecule has 2 aromatic carbocycles. The molecule has 0 aliphatic carbocycles. The zero-order chi connectivity index (χ0) is 19.4. The second-order valence-electron chi connectivity index (χ2n) is 6.47. The lowest BCUT2D eigenvalue weighted by molar-refractivity contribution is 0.102. The van der Waals surface area contributed by atoms with E-state index in [2.05, 4.69) is 27.3 Å². The van der Waals surface area contributed by atoms with E-state index in [0.717, 1.165) is 22.4 Å². The van der Waals surface area contributed by atoms with Crippen molar-refractivity contribution in [3.05, 3.63) is 72.1 Å². The first kappa shape index (κ1) is 18.5. The van der Waals surface area contributed by atoms with Crippen LogP contribution in [0.15, 0.2) is 60.9 Å². The van der Waals surface area contributed by atoms with Crippen molar-refractivity contribution in [1.82, 2.24) is 4.98 Å². The van der Waals surface area contributed by atoms with Crippen LogP contribution in [-0.2, 0) is 0 Å². The van der Waals surface area contributed by atoms with Crippen LogP contribution in [0.2, 0.25) is 0 Å². The van der Waals surface area contributed by atoms with Crippen LogP contribution < -0.4 is 15.0 Å². The molecule has 0 spiro atoms. The Morgan fingerprint density at radius 3 is 2.59 bits per heavy atom. The van der Waals surface area contributed by atoms with Gasteiger partial charge in [-0.3, -0.25) is 9.78 Å². The highest BCUT2D eigenvalue weighted by Gasteiger charge is 2.14. The number of rotatable bonds is 5. The van der Waals surface area contributed by atoms with E-state index in [1.54, 1.807) is 25.6 Å². The van der Waals surface area contributed by atoms with Crippen LogP contribution >= 0.6 is 0 Å². The molecule has 0 radical (unpaired) electrons. The number of amides is 1. The number of nitrogens with zero attached hydrogens (tertiary/aromatic N) is 2. The Bertz CT molecular complexity index is 967. The molecule has 27 heavy (non-hydrogen) atoms. The highest BCUT2D eigenvalue weighted by molar-refractivity contribution is 6.06. The van der Waals surface area contributed by atoms with E-state index in [-0.39, 0.29) is 5.91 Å². The smallest absolute Gasteiger partial charge is 0.256 e. The van der Waals surface area contributed by atoms with Crippen LogP contribution in [0.1, 0.15) is 15.9 Å². The molecule has 1 aromatic heterocycles. The summed E-state index contributed by atoms with van der Waals surface area (Å²) in [6.45, 7) is 1.86. The predicted octanol–water partition coefficient (Wildman–Crippen LogP) is 4.38. The molecule has 0 fully saturated rings. The maximum absolute atomic E-state index is 12.6. The van der Waals surface area contributed by atoms with E-state index < -0.39 is 0 Å². The number of aromatic nitrogens is 1. The number of nitrogens with one attached hydrogen (secondary N) is 1. The van der Waals surface area contributed by atoms with Gasteiger partial charge in [-0.25, -0.2) is 0 Å². The summed E-state index contributed by atoms with van der Waals surface area (Å²) >= 11 is 0. The van der Waals surface area contributed by atoms with E-state index in [9.17, 15) is 4.79 Å². The number of carbonyl (C=O) groups excluding carboxylic acids is 1. The minimum atomic E-state index is -0.186. The van der Waals surface area contributed by atoms with E-state index in [4.69, 9.17) is 4.74 Å². The van der Waals surface area contributed by atoms with Crippen molar-refractivity contribution in [2.24, 2.45) is 0 Å². The summed E-state index contributed by atoms with van der Waals surface area (Å²) in [6, 6.07) is 15.7. The second kappa shape index (κ2) is 7.91. The number of para-hydroxylation sites is 1. The van der Waals surface area contributed by atoms with Gasteiger partial charge in [-0.2, -0.15) is 0 Å². The number of pyridine rings is 1. The Morgan fingerprint density at radius 1 is 1.11 bits per heavy atom. The zero-order valence-corrected chi connectivity index (χ0v) is 16.0. The summed E-state index contributed by atoms with van der Waals surface area (Å²) < 4.78 is 5.53. The van der Waals surface area contributed by atoms with Crippen LogP contribution in [0.4, 0.5) is 11.4 Å². The maximum atomic E-state index is 12.6. The van der Waals surface area contributed by atoms with Crippen LogP contribution in [0.3, 0.4) is 0 Å². The molecule has 5 nitrogen and oxygen atoms in total. The minimum Gasteiger partial charge on any atom is -0.495 e. The number of hydrogen-bond acceptors (Lipinski definition) is 4. The van der Waals surface area contributed by atoms with Gasteiger partial charge in [0.05, 0.1) is 12.8 Å². The highest BCUT2D eigenvalue weighted by Crippen LogP contribution is 2.35.